The van der Waals surface area contributed by atoms with Crippen LogP contribution >= 0.6 is 0 Å². The second-order valence-electron chi connectivity index (χ2n) is 6.05. The third kappa shape index (κ3) is 2.74. The number of hydrogen-bond acceptors (Lipinski definition) is 6. The number of ether oxygens (including phenoxy) is 1. The van der Waals surface area contributed by atoms with Gasteiger partial charge in [0.2, 0.25) is 5.91 Å². The van der Waals surface area contributed by atoms with E-state index in [-0.39, 0.29) is 17.9 Å². The fraction of sp³-hybridized carbons (Fsp3) is 0.769. The van der Waals surface area contributed by atoms with Crippen LogP contribution in [0.1, 0.15) is 38.9 Å². The van der Waals surface area contributed by atoms with E-state index in [1.807, 2.05) is 13.8 Å². The van der Waals surface area contributed by atoms with E-state index in [2.05, 4.69) is 20.7 Å². The van der Waals surface area contributed by atoms with Crippen molar-refractivity contribution in [2.24, 2.45) is 5.41 Å². The molecule has 8 heteroatoms. The van der Waals surface area contributed by atoms with Crippen molar-refractivity contribution in [1.29, 1.82) is 0 Å². The van der Waals surface area contributed by atoms with Gasteiger partial charge in [-0.3, -0.25) is 4.79 Å². The van der Waals surface area contributed by atoms with E-state index >= 15 is 0 Å². The quantitative estimate of drug-likeness (QED) is 0.798. The Morgan fingerprint density at radius 3 is 2.57 bits per heavy atom. The Bertz CT molecular complexity index is 554. The average molecular weight is 295 g/mol. The van der Waals surface area contributed by atoms with Crippen molar-refractivity contribution < 1.29 is 14.3 Å². The molecule has 0 bridgehead atoms. The van der Waals surface area contributed by atoms with Crippen LogP contribution in [-0.4, -0.2) is 44.7 Å². The lowest BCUT2D eigenvalue weighted by Crippen LogP contribution is -2.61. The molecule has 0 aliphatic heterocycles. The van der Waals surface area contributed by atoms with Gasteiger partial charge in [0.25, 0.3) is 0 Å². The Hall–Kier alpha value is -1.99. The van der Waals surface area contributed by atoms with Crippen LogP contribution < -0.4 is 5.32 Å². The van der Waals surface area contributed by atoms with Crippen LogP contribution in [0.15, 0.2) is 0 Å². The van der Waals surface area contributed by atoms with Crippen LogP contribution in [-0.2, 0) is 20.9 Å². The number of carbonyl (C=O) groups is 2. The van der Waals surface area contributed by atoms with E-state index < -0.39 is 11.5 Å². The summed E-state index contributed by atoms with van der Waals surface area (Å²) in [5, 5.41) is 14.3. The molecular weight excluding hydrogens is 274 g/mol. The van der Waals surface area contributed by atoms with E-state index in [0.717, 1.165) is 12.8 Å². The normalized spacial score (nSPS) is 23.8. The van der Waals surface area contributed by atoms with E-state index in [1.54, 1.807) is 6.92 Å². The van der Waals surface area contributed by atoms with Gasteiger partial charge in [-0.2, -0.15) is 4.80 Å². The minimum atomic E-state index is -0.992. The first kappa shape index (κ1) is 15.4. The molecule has 1 aromatic heterocycles. The third-order valence-corrected chi connectivity index (χ3v) is 4.23. The van der Waals surface area contributed by atoms with Crippen molar-refractivity contribution in [3.8, 4) is 0 Å². The van der Waals surface area contributed by atoms with Crippen LogP contribution in [0.25, 0.3) is 0 Å². The Morgan fingerprint density at radius 2 is 2.10 bits per heavy atom. The molecule has 1 unspecified atom stereocenters. The topological polar surface area (TPSA) is 99.0 Å². The molecule has 1 atom stereocenters. The fourth-order valence-electron chi connectivity index (χ4n) is 2.98. The lowest BCUT2D eigenvalue weighted by molar-refractivity contribution is -0.155. The Kier molecular flexibility index (Phi) is 3.97. The number of rotatable bonds is 4. The number of nitrogens with zero attached hydrogens (tertiary/aromatic N) is 4. The lowest BCUT2D eigenvalue weighted by Gasteiger charge is -2.39. The summed E-state index contributed by atoms with van der Waals surface area (Å²) >= 11 is 0. The Labute approximate surface area is 123 Å². The number of nitrogens with one attached hydrogen (secondary N) is 1. The highest BCUT2D eigenvalue weighted by Gasteiger charge is 2.56. The van der Waals surface area contributed by atoms with Gasteiger partial charge >= 0.3 is 5.97 Å². The summed E-state index contributed by atoms with van der Waals surface area (Å²) in [7, 11) is 1.34. The highest BCUT2D eigenvalue weighted by atomic mass is 16.5. The molecule has 1 saturated carbocycles. The van der Waals surface area contributed by atoms with Crippen LogP contribution in [0.3, 0.4) is 0 Å². The van der Waals surface area contributed by atoms with Crippen molar-refractivity contribution >= 4 is 11.9 Å². The minimum Gasteiger partial charge on any atom is -0.467 e. The maximum atomic E-state index is 12.3. The number of aromatic nitrogens is 4. The van der Waals surface area contributed by atoms with Gasteiger partial charge in [-0.1, -0.05) is 13.8 Å². The highest BCUT2D eigenvalue weighted by molar-refractivity contribution is 5.89. The van der Waals surface area contributed by atoms with Crippen LogP contribution in [0.5, 0.6) is 0 Å². The van der Waals surface area contributed by atoms with Gasteiger partial charge < -0.3 is 10.1 Å². The van der Waals surface area contributed by atoms with Gasteiger partial charge in [0, 0.05) is 0 Å². The molecule has 1 aromatic rings. The molecule has 0 spiro atoms. The molecule has 8 nitrogen and oxygen atoms in total. The molecule has 116 valence electrons. The maximum Gasteiger partial charge on any atom is 0.332 e. The van der Waals surface area contributed by atoms with Crippen LogP contribution in [0.2, 0.25) is 0 Å². The van der Waals surface area contributed by atoms with Crippen molar-refractivity contribution in [2.45, 2.75) is 52.1 Å². The first-order valence-electron chi connectivity index (χ1n) is 6.94. The minimum absolute atomic E-state index is 0.0737. The number of amides is 1. The predicted octanol–water partition coefficient (Wildman–Crippen LogP) is 0.220. The van der Waals surface area contributed by atoms with Gasteiger partial charge in [0.15, 0.2) is 5.82 Å². The zero-order valence-corrected chi connectivity index (χ0v) is 12.8. The van der Waals surface area contributed by atoms with Crippen LogP contribution in [0, 0.1) is 12.3 Å². The van der Waals surface area contributed by atoms with E-state index in [0.29, 0.717) is 12.2 Å². The summed E-state index contributed by atoms with van der Waals surface area (Å²) < 4.78 is 4.92. The molecule has 1 heterocycles. The SMILES string of the molecule is COC(=O)C1(NC(=O)Cn2nnc(C)n2)CCCC1(C)C. The standard InChI is InChI=1S/C13H21N5O3/c1-9-15-17-18(16-9)8-10(19)14-13(11(20)21-4)7-5-6-12(13,2)3/h5-8H2,1-4H3,(H,14,19). The summed E-state index contributed by atoms with van der Waals surface area (Å²) in [6.45, 7) is 5.55. The van der Waals surface area contributed by atoms with E-state index in [4.69, 9.17) is 4.74 Å². The van der Waals surface area contributed by atoms with Gasteiger partial charge in [0.1, 0.15) is 12.1 Å². The Balaban J connectivity index is 2.16. The molecule has 2 rings (SSSR count). The summed E-state index contributed by atoms with van der Waals surface area (Å²) in [6, 6.07) is 0. The molecule has 0 aromatic carbocycles. The zero-order valence-electron chi connectivity index (χ0n) is 12.8. The number of hydrogen-bond donors (Lipinski definition) is 1. The molecule has 0 radical (unpaired) electrons. The number of carbonyl (C=O) groups excluding carboxylic acids is 2. The molecule has 1 N–H and O–H groups in total. The molecular formula is C13H21N5O3. The fourth-order valence-corrected chi connectivity index (χ4v) is 2.98. The number of methoxy groups -OCH3 is 1. The Morgan fingerprint density at radius 1 is 1.38 bits per heavy atom. The number of esters is 1. The molecule has 21 heavy (non-hydrogen) atoms. The first-order valence-corrected chi connectivity index (χ1v) is 6.94. The van der Waals surface area contributed by atoms with Gasteiger partial charge in [-0.15, -0.1) is 10.2 Å². The van der Waals surface area contributed by atoms with Crippen molar-refractivity contribution in [1.82, 2.24) is 25.5 Å². The molecule has 0 saturated heterocycles. The average Bonchev–Trinajstić information content (AvgIpc) is 2.93. The number of tetrazole rings is 1. The smallest absolute Gasteiger partial charge is 0.332 e. The van der Waals surface area contributed by atoms with Crippen molar-refractivity contribution in [3.05, 3.63) is 5.82 Å². The second-order valence-corrected chi connectivity index (χ2v) is 6.05. The summed E-state index contributed by atoms with van der Waals surface area (Å²) in [5.74, 6) is -0.236. The van der Waals surface area contributed by atoms with E-state index in [9.17, 15) is 9.59 Å². The largest absolute Gasteiger partial charge is 0.467 e. The van der Waals surface area contributed by atoms with Crippen LogP contribution in [0.4, 0.5) is 0 Å². The lowest BCUT2D eigenvalue weighted by atomic mass is 9.74. The summed E-state index contributed by atoms with van der Waals surface area (Å²) in [5.41, 5.74) is -1.35. The molecule has 1 aliphatic rings. The molecule has 1 amide bonds. The van der Waals surface area contributed by atoms with Gasteiger partial charge in [-0.05, 0) is 36.8 Å². The number of aryl methyl sites for hydroxylation is 1. The summed E-state index contributed by atoms with van der Waals surface area (Å²) in [6.07, 6.45) is 2.29. The molecule has 1 fully saturated rings. The van der Waals surface area contributed by atoms with Gasteiger partial charge in [0.05, 0.1) is 7.11 Å². The maximum absolute atomic E-state index is 12.3. The molecule has 1 aliphatic carbocycles. The second kappa shape index (κ2) is 5.42. The van der Waals surface area contributed by atoms with Crippen molar-refractivity contribution in [2.75, 3.05) is 7.11 Å². The highest BCUT2D eigenvalue weighted by Crippen LogP contribution is 2.46. The van der Waals surface area contributed by atoms with Crippen molar-refractivity contribution in [3.63, 3.8) is 0 Å². The van der Waals surface area contributed by atoms with E-state index in [1.165, 1.54) is 11.9 Å². The van der Waals surface area contributed by atoms with Gasteiger partial charge in [-0.25, -0.2) is 4.79 Å². The first-order chi connectivity index (χ1) is 9.80. The monoisotopic (exact) mass is 295 g/mol. The zero-order chi connectivity index (χ0) is 15.7. The third-order valence-electron chi connectivity index (χ3n) is 4.23. The summed E-state index contributed by atoms with van der Waals surface area (Å²) in [4.78, 5) is 25.7. The predicted molar refractivity (Wildman–Crippen MR) is 73.1 cm³/mol.